The van der Waals surface area contributed by atoms with Gasteiger partial charge in [-0.1, -0.05) is 24.3 Å². The van der Waals surface area contributed by atoms with Crippen LogP contribution in [0.15, 0.2) is 60.7 Å². The second-order valence-corrected chi connectivity index (χ2v) is 6.80. The van der Waals surface area contributed by atoms with Crippen LogP contribution in [0, 0.1) is 5.82 Å². The van der Waals surface area contributed by atoms with Gasteiger partial charge in [0.2, 0.25) is 0 Å². The number of aromatic nitrogens is 4. The molecule has 4 aromatic rings. The van der Waals surface area contributed by atoms with Crippen LogP contribution in [0.4, 0.5) is 15.9 Å². The first-order valence-corrected chi connectivity index (χ1v) is 9.20. The molecule has 1 atom stereocenters. The molecule has 0 spiro atoms. The van der Waals surface area contributed by atoms with Crippen LogP contribution in [-0.2, 0) is 4.74 Å². The van der Waals surface area contributed by atoms with Gasteiger partial charge >= 0.3 is 0 Å². The highest BCUT2D eigenvalue weighted by molar-refractivity contribution is 5.62. The van der Waals surface area contributed by atoms with Crippen LogP contribution in [0.25, 0.3) is 17.0 Å². The third-order valence-corrected chi connectivity index (χ3v) is 4.96. The summed E-state index contributed by atoms with van der Waals surface area (Å²) in [5, 5.41) is 16.0. The first kappa shape index (κ1) is 16.8. The van der Waals surface area contributed by atoms with E-state index < -0.39 is 0 Å². The van der Waals surface area contributed by atoms with Crippen molar-refractivity contribution >= 4 is 17.2 Å². The van der Waals surface area contributed by atoms with Crippen molar-refractivity contribution in [1.29, 1.82) is 0 Å². The highest BCUT2D eigenvalue weighted by atomic mass is 19.1. The fraction of sp³-hybridized carbons (Fsp3) is 0.190. The molecule has 28 heavy (non-hydrogen) atoms. The topological polar surface area (TPSA) is 64.3 Å². The molecule has 0 bridgehead atoms. The molecule has 0 amide bonds. The van der Waals surface area contributed by atoms with Gasteiger partial charge in [-0.2, -0.15) is 4.52 Å². The lowest BCUT2D eigenvalue weighted by atomic mass is 9.98. The smallest absolute Gasteiger partial charge is 0.188 e. The Morgan fingerprint density at radius 2 is 1.86 bits per heavy atom. The minimum absolute atomic E-state index is 0.358. The number of ether oxygens (including phenoxy) is 1. The Kier molecular flexibility index (Phi) is 4.21. The van der Waals surface area contributed by atoms with Crippen LogP contribution < -0.4 is 5.32 Å². The normalized spacial score (nSPS) is 16.5. The maximum atomic E-state index is 14.2. The Balaban J connectivity index is 1.43. The molecular weight excluding hydrogens is 357 g/mol. The summed E-state index contributed by atoms with van der Waals surface area (Å²) in [6, 6.07) is 18.4. The molecule has 1 saturated heterocycles. The standard InChI is InChI=1S/C21H18FN5O/c22-18-4-2-1-3-17(18)21-25-24-20-10-9-19(26-27(20)21)23-16-7-5-14(6-8-16)15-11-12-28-13-15/h1-10,15H,11-13H2,(H,23,26). The number of fused-ring (bicyclic) bond motifs is 1. The first-order chi connectivity index (χ1) is 13.8. The molecule has 1 N–H and O–H groups in total. The van der Waals surface area contributed by atoms with Crippen LogP contribution >= 0.6 is 0 Å². The maximum absolute atomic E-state index is 14.2. The number of anilines is 2. The van der Waals surface area contributed by atoms with E-state index in [0.717, 1.165) is 25.3 Å². The minimum Gasteiger partial charge on any atom is -0.381 e. The molecule has 140 valence electrons. The summed E-state index contributed by atoms with van der Waals surface area (Å²) < 4.78 is 21.2. The van der Waals surface area contributed by atoms with Gasteiger partial charge in [0.15, 0.2) is 17.3 Å². The quantitative estimate of drug-likeness (QED) is 0.580. The number of nitrogens with one attached hydrogen (secondary N) is 1. The van der Waals surface area contributed by atoms with Crippen LogP contribution in [0.5, 0.6) is 0 Å². The predicted molar refractivity (Wildman–Crippen MR) is 104 cm³/mol. The summed E-state index contributed by atoms with van der Waals surface area (Å²) in [6.07, 6.45) is 1.07. The van der Waals surface area contributed by atoms with E-state index in [2.05, 4.69) is 32.7 Å². The summed E-state index contributed by atoms with van der Waals surface area (Å²) in [4.78, 5) is 0. The van der Waals surface area contributed by atoms with Gasteiger partial charge in [-0.3, -0.25) is 0 Å². The van der Waals surface area contributed by atoms with E-state index in [-0.39, 0.29) is 5.82 Å². The average molecular weight is 375 g/mol. The summed E-state index contributed by atoms with van der Waals surface area (Å²) in [5.41, 5.74) is 3.13. The van der Waals surface area contributed by atoms with E-state index in [4.69, 9.17) is 4.74 Å². The Bertz CT molecular complexity index is 1120. The van der Waals surface area contributed by atoms with E-state index in [1.165, 1.54) is 11.6 Å². The van der Waals surface area contributed by atoms with Crippen molar-refractivity contribution in [2.24, 2.45) is 0 Å². The summed E-state index contributed by atoms with van der Waals surface area (Å²) >= 11 is 0. The van der Waals surface area contributed by atoms with Gasteiger partial charge in [-0.25, -0.2) is 4.39 Å². The zero-order valence-electron chi connectivity index (χ0n) is 15.0. The van der Waals surface area contributed by atoms with Crippen LogP contribution in [0.2, 0.25) is 0 Å². The highest BCUT2D eigenvalue weighted by Gasteiger charge is 2.17. The Labute approximate surface area is 161 Å². The van der Waals surface area contributed by atoms with Crippen molar-refractivity contribution in [3.63, 3.8) is 0 Å². The maximum Gasteiger partial charge on any atom is 0.188 e. The van der Waals surface area contributed by atoms with E-state index in [1.807, 2.05) is 18.2 Å². The van der Waals surface area contributed by atoms with Gasteiger partial charge in [0.05, 0.1) is 12.2 Å². The van der Waals surface area contributed by atoms with Gasteiger partial charge in [-0.05, 0) is 48.4 Å². The van der Waals surface area contributed by atoms with Crippen molar-refractivity contribution in [3.8, 4) is 11.4 Å². The lowest BCUT2D eigenvalue weighted by Gasteiger charge is -2.10. The average Bonchev–Trinajstić information content (AvgIpc) is 3.39. The van der Waals surface area contributed by atoms with Crippen LogP contribution in [0.1, 0.15) is 17.9 Å². The van der Waals surface area contributed by atoms with E-state index in [0.29, 0.717) is 28.8 Å². The highest BCUT2D eigenvalue weighted by Crippen LogP contribution is 2.27. The Morgan fingerprint density at radius 1 is 1.00 bits per heavy atom. The molecule has 5 rings (SSSR count). The van der Waals surface area contributed by atoms with Crippen LogP contribution in [0.3, 0.4) is 0 Å². The molecule has 6 nitrogen and oxygen atoms in total. The largest absolute Gasteiger partial charge is 0.381 e. The number of nitrogens with zero attached hydrogens (tertiary/aromatic N) is 4. The molecule has 0 saturated carbocycles. The fourth-order valence-corrected chi connectivity index (χ4v) is 3.45. The lowest BCUT2D eigenvalue weighted by Crippen LogP contribution is -2.02. The van der Waals surface area contributed by atoms with Crippen molar-refractivity contribution in [2.45, 2.75) is 12.3 Å². The number of halogens is 1. The van der Waals surface area contributed by atoms with Gasteiger partial charge in [0, 0.05) is 18.2 Å². The summed E-state index contributed by atoms with van der Waals surface area (Å²) in [7, 11) is 0. The molecule has 1 aliphatic rings. The lowest BCUT2D eigenvalue weighted by molar-refractivity contribution is 0.194. The van der Waals surface area contributed by atoms with Gasteiger partial charge in [-0.15, -0.1) is 15.3 Å². The molecule has 0 radical (unpaired) electrons. The van der Waals surface area contributed by atoms with Crippen molar-refractivity contribution in [2.75, 3.05) is 18.5 Å². The SMILES string of the molecule is Fc1ccccc1-c1nnc2ccc(Nc3ccc(C4CCOC4)cc3)nn12. The van der Waals surface area contributed by atoms with Gasteiger partial charge in [0.25, 0.3) is 0 Å². The summed E-state index contributed by atoms with van der Waals surface area (Å²) in [5.74, 6) is 1.11. The molecule has 0 aliphatic carbocycles. The van der Waals surface area contributed by atoms with E-state index in [1.54, 1.807) is 28.8 Å². The monoisotopic (exact) mass is 375 g/mol. The van der Waals surface area contributed by atoms with E-state index >= 15 is 0 Å². The first-order valence-electron chi connectivity index (χ1n) is 9.20. The number of rotatable bonds is 4. The molecule has 1 aliphatic heterocycles. The molecule has 1 unspecified atom stereocenters. The number of benzene rings is 2. The van der Waals surface area contributed by atoms with Gasteiger partial charge < -0.3 is 10.1 Å². The minimum atomic E-state index is -0.358. The number of hydrogen-bond donors (Lipinski definition) is 1. The summed E-state index contributed by atoms with van der Waals surface area (Å²) in [6.45, 7) is 1.62. The third-order valence-electron chi connectivity index (χ3n) is 4.96. The van der Waals surface area contributed by atoms with Crippen molar-refractivity contribution < 1.29 is 9.13 Å². The van der Waals surface area contributed by atoms with Crippen molar-refractivity contribution in [1.82, 2.24) is 19.8 Å². The second kappa shape index (κ2) is 7.01. The molecule has 7 heteroatoms. The Morgan fingerprint density at radius 3 is 2.64 bits per heavy atom. The second-order valence-electron chi connectivity index (χ2n) is 6.80. The third kappa shape index (κ3) is 3.10. The molecule has 2 aromatic carbocycles. The molecule has 3 heterocycles. The fourth-order valence-electron chi connectivity index (χ4n) is 3.45. The van der Waals surface area contributed by atoms with E-state index in [9.17, 15) is 4.39 Å². The molecule has 1 fully saturated rings. The van der Waals surface area contributed by atoms with Gasteiger partial charge in [0.1, 0.15) is 5.82 Å². The number of hydrogen-bond acceptors (Lipinski definition) is 5. The predicted octanol–water partition coefficient (Wildman–Crippen LogP) is 4.18. The zero-order valence-corrected chi connectivity index (χ0v) is 15.0. The molecular formula is C21H18FN5O. The zero-order chi connectivity index (χ0) is 18.9. The Hall–Kier alpha value is -3.32. The van der Waals surface area contributed by atoms with Crippen LogP contribution in [-0.4, -0.2) is 33.0 Å². The molecule has 2 aromatic heterocycles. The van der Waals surface area contributed by atoms with Crippen molar-refractivity contribution in [3.05, 3.63) is 72.0 Å².